The summed E-state index contributed by atoms with van der Waals surface area (Å²) >= 11 is 0. The summed E-state index contributed by atoms with van der Waals surface area (Å²) < 4.78 is 0. The maximum atomic E-state index is 12.9. The lowest BCUT2D eigenvalue weighted by atomic mass is 9.85. The second-order valence-corrected chi connectivity index (χ2v) is 9.53. The van der Waals surface area contributed by atoms with E-state index in [0.29, 0.717) is 6.29 Å². The minimum Gasteiger partial charge on any atom is -0.345 e. The van der Waals surface area contributed by atoms with Crippen LogP contribution in [0.4, 0.5) is 0 Å². The molecule has 1 fully saturated rings. The Kier molecular flexibility index (Phi) is 9.26. The number of amides is 3. The van der Waals surface area contributed by atoms with Crippen LogP contribution >= 0.6 is 0 Å². The second kappa shape index (κ2) is 10.7. The van der Waals surface area contributed by atoms with Crippen LogP contribution in [0, 0.1) is 17.3 Å². The van der Waals surface area contributed by atoms with Crippen LogP contribution in [0.25, 0.3) is 0 Å². The van der Waals surface area contributed by atoms with E-state index in [1.165, 1.54) is 0 Å². The third-order valence-electron chi connectivity index (χ3n) is 5.43. The summed E-state index contributed by atoms with van der Waals surface area (Å²) in [6.45, 7) is 12.6. The predicted octanol–water partition coefficient (Wildman–Crippen LogP) is 0.704. The first-order chi connectivity index (χ1) is 13.4. The number of aldehydes is 1. The Balaban J connectivity index is 2.75. The number of carbonyl (C=O) groups excluding carboxylic acids is 4. The number of hydrogen-bond donors (Lipinski definition) is 3. The largest absolute Gasteiger partial charge is 0.345 e. The zero-order chi connectivity index (χ0) is 22.4. The third kappa shape index (κ3) is 7.76. The van der Waals surface area contributed by atoms with E-state index in [1.54, 1.807) is 6.92 Å². The Morgan fingerprint density at radius 3 is 1.97 bits per heavy atom. The Labute approximate surface area is 174 Å². The summed E-state index contributed by atoms with van der Waals surface area (Å²) in [5.41, 5.74) is -0.523. The van der Waals surface area contributed by atoms with Crippen molar-refractivity contribution in [3.8, 4) is 0 Å². The Hall–Kier alpha value is -1.96. The van der Waals surface area contributed by atoms with Gasteiger partial charge >= 0.3 is 0 Å². The number of piperidine rings is 1. The summed E-state index contributed by atoms with van der Waals surface area (Å²) in [6, 6.07) is -2.20. The summed E-state index contributed by atoms with van der Waals surface area (Å²) in [4.78, 5) is 51.2. The molecular formula is C21H38N4O4. The molecule has 0 saturated carbocycles. The van der Waals surface area contributed by atoms with Gasteiger partial charge in [-0.25, -0.2) is 0 Å². The highest BCUT2D eigenvalue weighted by molar-refractivity contribution is 5.93. The van der Waals surface area contributed by atoms with Crippen molar-refractivity contribution < 1.29 is 19.2 Å². The predicted molar refractivity (Wildman–Crippen MR) is 112 cm³/mol. The molecule has 1 rings (SSSR count). The van der Waals surface area contributed by atoms with Crippen LogP contribution in [-0.4, -0.2) is 67.2 Å². The highest BCUT2D eigenvalue weighted by Crippen LogP contribution is 2.22. The molecule has 0 aliphatic carbocycles. The standard InChI is InChI=1S/C21H38N4O4/c1-13(2)16(12-26)23-18(27)14(3)22-20(29)17(21(4,5)6)24-19(28)15-8-10-25(7)11-9-15/h12-17H,8-11H2,1-7H3,(H,22,29)(H,23,27)(H,24,28)/t14-,16+,17+/m0/s1. The van der Waals surface area contributed by atoms with Gasteiger partial charge in [0.15, 0.2) is 0 Å². The van der Waals surface area contributed by atoms with Gasteiger partial charge in [0.05, 0.1) is 6.04 Å². The maximum absolute atomic E-state index is 12.9. The molecule has 0 bridgehead atoms. The third-order valence-corrected chi connectivity index (χ3v) is 5.43. The minimum atomic E-state index is -0.825. The van der Waals surface area contributed by atoms with E-state index in [0.717, 1.165) is 25.9 Å². The van der Waals surface area contributed by atoms with Gasteiger partial charge < -0.3 is 25.6 Å². The molecular weight excluding hydrogens is 372 g/mol. The van der Waals surface area contributed by atoms with E-state index in [1.807, 2.05) is 41.7 Å². The number of nitrogens with one attached hydrogen (secondary N) is 3. The molecule has 1 aliphatic rings. The van der Waals surface area contributed by atoms with E-state index in [4.69, 9.17) is 0 Å². The number of hydrogen-bond acceptors (Lipinski definition) is 5. The molecule has 8 nitrogen and oxygen atoms in total. The van der Waals surface area contributed by atoms with Crippen LogP contribution in [0.5, 0.6) is 0 Å². The normalized spacial score (nSPS) is 19.2. The van der Waals surface area contributed by atoms with Crippen molar-refractivity contribution in [1.29, 1.82) is 0 Å². The molecule has 3 amide bonds. The molecule has 29 heavy (non-hydrogen) atoms. The van der Waals surface area contributed by atoms with Crippen molar-refractivity contribution in [2.75, 3.05) is 20.1 Å². The van der Waals surface area contributed by atoms with Gasteiger partial charge in [-0.3, -0.25) is 14.4 Å². The van der Waals surface area contributed by atoms with Crippen molar-refractivity contribution in [2.45, 2.75) is 72.5 Å². The number of carbonyl (C=O) groups is 4. The molecule has 3 atom stereocenters. The molecule has 1 heterocycles. The Morgan fingerprint density at radius 1 is 0.966 bits per heavy atom. The Morgan fingerprint density at radius 2 is 1.52 bits per heavy atom. The fourth-order valence-electron chi connectivity index (χ4n) is 3.22. The van der Waals surface area contributed by atoms with Crippen molar-refractivity contribution in [3.05, 3.63) is 0 Å². The zero-order valence-electron chi connectivity index (χ0n) is 18.9. The first-order valence-corrected chi connectivity index (χ1v) is 10.4. The van der Waals surface area contributed by atoms with E-state index in [2.05, 4.69) is 20.9 Å². The van der Waals surface area contributed by atoms with Gasteiger partial charge in [-0.2, -0.15) is 0 Å². The average molecular weight is 411 g/mol. The summed E-state index contributed by atoms with van der Waals surface area (Å²) in [7, 11) is 2.03. The molecule has 1 saturated heterocycles. The van der Waals surface area contributed by atoms with Crippen molar-refractivity contribution >= 4 is 24.0 Å². The van der Waals surface area contributed by atoms with E-state index >= 15 is 0 Å². The molecule has 0 spiro atoms. The van der Waals surface area contributed by atoms with Crippen molar-refractivity contribution in [1.82, 2.24) is 20.9 Å². The summed E-state index contributed by atoms with van der Waals surface area (Å²) in [5.74, 6) is -1.11. The topological polar surface area (TPSA) is 108 Å². The average Bonchev–Trinajstić information content (AvgIpc) is 2.62. The van der Waals surface area contributed by atoms with Gasteiger partial charge in [0.1, 0.15) is 18.4 Å². The second-order valence-electron chi connectivity index (χ2n) is 9.53. The summed E-state index contributed by atoms with van der Waals surface area (Å²) in [6.07, 6.45) is 2.22. The van der Waals surface area contributed by atoms with Crippen LogP contribution in [0.2, 0.25) is 0 Å². The molecule has 0 radical (unpaired) electrons. The SMILES string of the molecule is CC(C)[C@@H](C=O)NC(=O)[C@H](C)NC(=O)[C@@H](NC(=O)C1CCN(C)CC1)C(C)(C)C. The highest BCUT2D eigenvalue weighted by atomic mass is 16.2. The molecule has 0 aromatic carbocycles. The molecule has 0 aromatic rings. The molecule has 166 valence electrons. The van der Waals surface area contributed by atoms with Gasteiger partial charge in [0.2, 0.25) is 17.7 Å². The van der Waals surface area contributed by atoms with Crippen LogP contribution in [-0.2, 0) is 19.2 Å². The van der Waals surface area contributed by atoms with E-state index in [9.17, 15) is 19.2 Å². The smallest absolute Gasteiger partial charge is 0.243 e. The van der Waals surface area contributed by atoms with Crippen molar-refractivity contribution in [2.24, 2.45) is 17.3 Å². The molecule has 1 aliphatic heterocycles. The monoisotopic (exact) mass is 410 g/mol. The van der Waals surface area contributed by atoms with Crippen LogP contribution in [0.15, 0.2) is 0 Å². The number of rotatable bonds is 8. The Bertz CT molecular complexity index is 592. The van der Waals surface area contributed by atoms with Gasteiger partial charge in [-0.15, -0.1) is 0 Å². The molecule has 8 heteroatoms. The summed E-state index contributed by atoms with van der Waals surface area (Å²) in [5, 5.41) is 8.21. The first kappa shape index (κ1) is 25.1. The van der Waals surface area contributed by atoms with E-state index in [-0.39, 0.29) is 17.7 Å². The quantitative estimate of drug-likeness (QED) is 0.511. The fraction of sp³-hybridized carbons (Fsp3) is 0.810. The van der Waals surface area contributed by atoms with Gasteiger partial charge in [-0.1, -0.05) is 34.6 Å². The lowest BCUT2D eigenvalue weighted by Gasteiger charge is -2.34. The van der Waals surface area contributed by atoms with Gasteiger partial charge in [0.25, 0.3) is 0 Å². The van der Waals surface area contributed by atoms with Crippen molar-refractivity contribution in [3.63, 3.8) is 0 Å². The lowest BCUT2D eigenvalue weighted by Crippen LogP contribution is -2.59. The highest BCUT2D eigenvalue weighted by Gasteiger charge is 2.36. The fourth-order valence-corrected chi connectivity index (χ4v) is 3.22. The number of likely N-dealkylation sites (tertiary alicyclic amines) is 1. The molecule has 3 N–H and O–H groups in total. The zero-order valence-corrected chi connectivity index (χ0v) is 18.9. The van der Waals surface area contributed by atoms with Crippen LogP contribution < -0.4 is 16.0 Å². The van der Waals surface area contributed by atoms with Crippen LogP contribution in [0.3, 0.4) is 0 Å². The van der Waals surface area contributed by atoms with Gasteiger partial charge in [0, 0.05) is 5.92 Å². The van der Waals surface area contributed by atoms with Gasteiger partial charge in [-0.05, 0) is 51.2 Å². The maximum Gasteiger partial charge on any atom is 0.243 e. The first-order valence-electron chi connectivity index (χ1n) is 10.4. The lowest BCUT2D eigenvalue weighted by molar-refractivity contribution is -0.136. The minimum absolute atomic E-state index is 0.0458. The van der Waals surface area contributed by atoms with Crippen LogP contribution in [0.1, 0.15) is 54.4 Å². The molecule has 0 unspecified atom stereocenters. The van der Waals surface area contributed by atoms with E-state index < -0.39 is 35.4 Å². The number of nitrogens with zero attached hydrogens (tertiary/aromatic N) is 1. The molecule has 0 aromatic heterocycles.